The van der Waals surface area contributed by atoms with Crippen molar-refractivity contribution in [2.45, 2.75) is 13.0 Å². The van der Waals surface area contributed by atoms with Crippen LogP contribution in [0.4, 0.5) is 0 Å². The summed E-state index contributed by atoms with van der Waals surface area (Å²) in [7, 11) is 1.24. The molecule has 6 heteroatoms. The number of hydrogen-bond donors (Lipinski definition) is 2. The summed E-state index contributed by atoms with van der Waals surface area (Å²) in [6, 6.07) is 3.69. The molecule has 1 aromatic carbocycles. The molecule has 2 N–H and O–H groups in total. The van der Waals surface area contributed by atoms with Gasteiger partial charge in [-0.1, -0.05) is 15.9 Å². The van der Waals surface area contributed by atoms with Crippen LogP contribution in [0.3, 0.4) is 0 Å². The highest BCUT2D eigenvalue weighted by molar-refractivity contribution is 9.10. The van der Waals surface area contributed by atoms with Gasteiger partial charge in [-0.2, -0.15) is 0 Å². The molecule has 5 nitrogen and oxygen atoms in total. The normalized spacial score (nSPS) is 11.7. The lowest BCUT2D eigenvalue weighted by Gasteiger charge is -2.12. The molecule has 0 saturated carbocycles. The third-order valence-electron chi connectivity index (χ3n) is 2.11. The van der Waals surface area contributed by atoms with Gasteiger partial charge in [-0.15, -0.1) is 0 Å². The SMILES string of the molecule is COC(=O)C(C)NC(=O)c1cc(Br)ccc1O. The van der Waals surface area contributed by atoms with E-state index < -0.39 is 17.9 Å². The summed E-state index contributed by atoms with van der Waals surface area (Å²) >= 11 is 3.19. The van der Waals surface area contributed by atoms with E-state index >= 15 is 0 Å². The van der Waals surface area contributed by atoms with E-state index in [1.165, 1.54) is 26.2 Å². The highest BCUT2D eigenvalue weighted by atomic mass is 79.9. The lowest BCUT2D eigenvalue weighted by molar-refractivity contribution is -0.142. The Morgan fingerprint density at radius 1 is 1.47 bits per heavy atom. The fourth-order valence-electron chi connectivity index (χ4n) is 1.20. The van der Waals surface area contributed by atoms with Gasteiger partial charge in [0.1, 0.15) is 11.8 Å². The second-order valence-corrected chi connectivity index (χ2v) is 4.30. The maximum atomic E-state index is 11.7. The first-order valence-electron chi connectivity index (χ1n) is 4.83. The number of nitrogens with one attached hydrogen (secondary N) is 1. The molecule has 1 aromatic rings. The smallest absolute Gasteiger partial charge is 0.328 e. The number of rotatable bonds is 3. The van der Waals surface area contributed by atoms with E-state index in [0.29, 0.717) is 4.47 Å². The summed E-state index contributed by atoms with van der Waals surface area (Å²) in [4.78, 5) is 22.9. The van der Waals surface area contributed by atoms with Crippen LogP contribution in [0.1, 0.15) is 17.3 Å². The molecule has 1 rings (SSSR count). The van der Waals surface area contributed by atoms with Crippen molar-refractivity contribution >= 4 is 27.8 Å². The van der Waals surface area contributed by atoms with E-state index in [0.717, 1.165) is 0 Å². The molecule has 0 aromatic heterocycles. The Morgan fingerprint density at radius 2 is 2.12 bits per heavy atom. The van der Waals surface area contributed by atoms with Gasteiger partial charge in [-0.05, 0) is 25.1 Å². The van der Waals surface area contributed by atoms with Gasteiger partial charge < -0.3 is 15.2 Å². The van der Waals surface area contributed by atoms with Crippen LogP contribution >= 0.6 is 15.9 Å². The molecule has 0 aliphatic carbocycles. The standard InChI is InChI=1S/C11H12BrNO4/c1-6(11(16)17-2)13-10(15)8-5-7(12)3-4-9(8)14/h3-6,14H,1-2H3,(H,13,15). The topological polar surface area (TPSA) is 75.6 Å². The third-order valence-corrected chi connectivity index (χ3v) is 2.60. The summed E-state index contributed by atoms with van der Waals surface area (Å²) < 4.78 is 5.14. The number of amides is 1. The molecule has 0 aliphatic heterocycles. The van der Waals surface area contributed by atoms with Crippen molar-refractivity contribution < 1.29 is 19.4 Å². The first kappa shape index (κ1) is 13.5. The van der Waals surface area contributed by atoms with Crippen molar-refractivity contribution in [1.29, 1.82) is 0 Å². The number of methoxy groups -OCH3 is 1. The lowest BCUT2D eigenvalue weighted by atomic mass is 10.2. The number of carbonyl (C=O) groups excluding carboxylic acids is 2. The third kappa shape index (κ3) is 3.45. The first-order chi connectivity index (χ1) is 7.95. The minimum atomic E-state index is -0.772. The molecule has 1 atom stereocenters. The van der Waals surface area contributed by atoms with Crippen LogP contribution in [0.2, 0.25) is 0 Å². The van der Waals surface area contributed by atoms with Gasteiger partial charge in [0, 0.05) is 4.47 Å². The highest BCUT2D eigenvalue weighted by Gasteiger charge is 2.18. The maximum absolute atomic E-state index is 11.7. The van der Waals surface area contributed by atoms with Crippen LogP contribution in [0, 0.1) is 0 Å². The quantitative estimate of drug-likeness (QED) is 0.829. The molecular formula is C11H12BrNO4. The molecule has 0 aliphatic rings. The van der Waals surface area contributed by atoms with Gasteiger partial charge in [0.15, 0.2) is 0 Å². The van der Waals surface area contributed by atoms with Crippen LogP contribution in [0.15, 0.2) is 22.7 Å². The molecule has 1 amide bonds. The zero-order chi connectivity index (χ0) is 13.0. The first-order valence-corrected chi connectivity index (χ1v) is 5.62. The average molecular weight is 302 g/mol. The van der Waals surface area contributed by atoms with Crippen molar-refractivity contribution in [3.63, 3.8) is 0 Å². The van der Waals surface area contributed by atoms with Crippen molar-refractivity contribution in [3.05, 3.63) is 28.2 Å². The minimum Gasteiger partial charge on any atom is -0.507 e. The van der Waals surface area contributed by atoms with Gasteiger partial charge >= 0.3 is 5.97 Å². The van der Waals surface area contributed by atoms with E-state index in [2.05, 4.69) is 26.0 Å². The van der Waals surface area contributed by atoms with Crippen molar-refractivity contribution in [3.8, 4) is 5.75 Å². The molecule has 17 heavy (non-hydrogen) atoms. The number of carbonyl (C=O) groups is 2. The average Bonchev–Trinajstić information content (AvgIpc) is 2.30. The summed E-state index contributed by atoms with van der Waals surface area (Å²) in [6.45, 7) is 1.50. The Kier molecular flexibility index (Phi) is 4.51. The Morgan fingerprint density at radius 3 is 2.71 bits per heavy atom. The van der Waals surface area contributed by atoms with Crippen LogP contribution in [-0.4, -0.2) is 30.1 Å². The van der Waals surface area contributed by atoms with E-state index in [1.807, 2.05) is 0 Å². The summed E-state index contributed by atoms with van der Waals surface area (Å²) in [5.74, 6) is -1.24. The summed E-state index contributed by atoms with van der Waals surface area (Å²) in [5, 5.41) is 11.9. The van der Waals surface area contributed by atoms with Crippen molar-refractivity contribution in [2.75, 3.05) is 7.11 Å². The highest BCUT2D eigenvalue weighted by Crippen LogP contribution is 2.21. The minimum absolute atomic E-state index is 0.0927. The molecule has 0 radical (unpaired) electrons. The number of benzene rings is 1. The number of phenolic OH excluding ortho intramolecular Hbond substituents is 1. The van der Waals surface area contributed by atoms with Crippen LogP contribution in [0.25, 0.3) is 0 Å². The second-order valence-electron chi connectivity index (χ2n) is 3.38. The van der Waals surface area contributed by atoms with Crippen LogP contribution in [-0.2, 0) is 9.53 Å². The Bertz CT molecular complexity index is 447. The Labute approximate surface area is 107 Å². The molecule has 0 spiro atoms. The molecular weight excluding hydrogens is 290 g/mol. The summed E-state index contributed by atoms with van der Waals surface area (Å²) in [5.41, 5.74) is 0.0927. The number of esters is 1. The van der Waals surface area contributed by atoms with E-state index in [4.69, 9.17) is 0 Å². The van der Waals surface area contributed by atoms with Gasteiger partial charge in [0.2, 0.25) is 0 Å². The molecule has 1 unspecified atom stereocenters. The zero-order valence-electron chi connectivity index (χ0n) is 9.36. The van der Waals surface area contributed by atoms with Crippen LogP contribution in [0.5, 0.6) is 5.75 Å². The Hall–Kier alpha value is -1.56. The van der Waals surface area contributed by atoms with E-state index in [-0.39, 0.29) is 11.3 Å². The monoisotopic (exact) mass is 301 g/mol. The fraction of sp³-hybridized carbons (Fsp3) is 0.273. The zero-order valence-corrected chi connectivity index (χ0v) is 10.9. The number of phenols is 1. The van der Waals surface area contributed by atoms with Crippen LogP contribution < -0.4 is 5.32 Å². The molecule has 0 fully saturated rings. The van der Waals surface area contributed by atoms with E-state index in [1.54, 1.807) is 6.07 Å². The molecule has 0 saturated heterocycles. The van der Waals surface area contributed by atoms with E-state index in [9.17, 15) is 14.7 Å². The molecule has 0 heterocycles. The molecule has 92 valence electrons. The van der Waals surface area contributed by atoms with Crippen molar-refractivity contribution in [2.24, 2.45) is 0 Å². The molecule has 0 bridgehead atoms. The number of ether oxygens (including phenoxy) is 1. The second kappa shape index (κ2) is 5.67. The van der Waals surface area contributed by atoms with Gasteiger partial charge in [0.25, 0.3) is 5.91 Å². The number of hydrogen-bond acceptors (Lipinski definition) is 4. The predicted octanol–water partition coefficient (Wildman–Crippen LogP) is 1.45. The lowest BCUT2D eigenvalue weighted by Crippen LogP contribution is -2.39. The Balaban J connectivity index is 2.83. The van der Waals surface area contributed by atoms with Gasteiger partial charge in [-0.3, -0.25) is 4.79 Å². The largest absolute Gasteiger partial charge is 0.507 e. The van der Waals surface area contributed by atoms with Gasteiger partial charge in [0.05, 0.1) is 12.7 Å². The summed E-state index contributed by atoms with van der Waals surface area (Å²) in [6.07, 6.45) is 0. The predicted molar refractivity (Wildman–Crippen MR) is 64.8 cm³/mol. The number of halogens is 1. The fourth-order valence-corrected chi connectivity index (χ4v) is 1.56. The van der Waals surface area contributed by atoms with Gasteiger partial charge in [-0.25, -0.2) is 4.79 Å². The maximum Gasteiger partial charge on any atom is 0.328 e. The van der Waals surface area contributed by atoms with Crippen molar-refractivity contribution in [1.82, 2.24) is 5.32 Å². The number of aromatic hydroxyl groups is 1.